The Morgan fingerprint density at radius 2 is 1.65 bits per heavy atom. The molecule has 0 saturated carbocycles. The molecule has 3 atom stereocenters. The number of nitrogens with one attached hydrogen (secondary N) is 2. The number of aromatic nitrogens is 3. The summed E-state index contributed by atoms with van der Waals surface area (Å²) in [6.07, 6.45) is 12.3. The minimum absolute atomic E-state index is 0.0434. The maximum Gasteiger partial charge on any atom is 0.269 e. The van der Waals surface area contributed by atoms with Crippen molar-refractivity contribution in [1.82, 2.24) is 30.1 Å². The molecule has 9 heterocycles. The SMILES string of the molecule is COc1ncc(-c2ccnc(N3CCc4c(sc5c4CCCC5)C3=O)c2[C@H](C)O)cc1Nc1ccc(N2CCN(C3CCN(c4ccc5c(c4)CN([C@H]4CCC(=O)NC4=O)C5=O)CC3)C[C@@H]2C)cn1. The second kappa shape index (κ2) is 18.5. The average Bonchev–Trinajstić information content (AvgIpc) is 3.91. The van der Waals surface area contributed by atoms with Gasteiger partial charge in [-0.05, 0) is 130 Å². The van der Waals surface area contributed by atoms with E-state index in [-0.39, 0.29) is 36.1 Å². The molecule has 0 spiro atoms. The van der Waals surface area contributed by atoms with Crippen molar-refractivity contribution >= 4 is 63.7 Å². The number of rotatable bonds is 10. The number of nitrogens with zero attached hydrogens (tertiary/aromatic N) is 8. The number of amides is 4. The number of imide groups is 1. The van der Waals surface area contributed by atoms with E-state index in [0.29, 0.717) is 59.9 Å². The molecule has 3 fully saturated rings. The zero-order valence-electron chi connectivity index (χ0n) is 39.4. The molecule has 358 valence electrons. The van der Waals surface area contributed by atoms with Crippen LogP contribution >= 0.6 is 11.3 Å². The number of ether oxygens (including phenoxy) is 1. The van der Waals surface area contributed by atoms with E-state index in [1.807, 2.05) is 36.5 Å². The largest absolute Gasteiger partial charge is 0.480 e. The van der Waals surface area contributed by atoms with Crippen molar-refractivity contribution < 1.29 is 29.0 Å². The number of piperazine rings is 1. The normalized spacial score (nSPS) is 21.5. The predicted molar refractivity (Wildman–Crippen MR) is 265 cm³/mol. The summed E-state index contributed by atoms with van der Waals surface area (Å²) < 4.78 is 5.69. The number of methoxy groups -OCH3 is 1. The number of hydrogen-bond donors (Lipinski definition) is 3. The second-order valence-electron chi connectivity index (χ2n) is 19.3. The highest BCUT2D eigenvalue weighted by Gasteiger charge is 2.40. The maximum atomic E-state index is 14.1. The van der Waals surface area contributed by atoms with Crippen LogP contribution in [0.15, 0.2) is 61.1 Å². The zero-order valence-corrected chi connectivity index (χ0v) is 40.2. The number of aryl methyl sites for hydroxylation is 1. The number of fused-ring (bicyclic) bond motifs is 4. The number of anilines is 5. The highest BCUT2D eigenvalue weighted by atomic mass is 32.1. The number of carbonyl (C=O) groups is 4. The van der Waals surface area contributed by atoms with Gasteiger partial charge in [0.1, 0.15) is 23.4 Å². The Labute approximate surface area is 405 Å². The van der Waals surface area contributed by atoms with Crippen LogP contribution in [0.4, 0.5) is 28.7 Å². The van der Waals surface area contributed by atoms with Gasteiger partial charge in [-0.1, -0.05) is 0 Å². The summed E-state index contributed by atoms with van der Waals surface area (Å²) in [5, 5.41) is 17.1. The van der Waals surface area contributed by atoms with E-state index < -0.39 is 12.1 Å². The molecule has 5 aromatic rings. The Balaban J connectivity index is 0.721. The third-order valence-electron chi connectivity index (χ3n) is 15.2. The Kier molecular flexibility index (Phi) is 12.1. The minimum atomic E-state index is -0.903. The molecular formula is C52H58N10O6S. The molecular weight excluding hydrogens is 893 g/mol. The molecule has 3 N–H and O–H groups in total. The number of carbonyl (C=O) groups excluding carboxylic acids is 4. The number of hydrogen-bond acceptors (Lipinski definition) is 14. The smallest absolute Gasteiger partial charge is 0.269 e. The number of benzene rings is 1. The van der Waals surface area contributed by atoms with Gasteiger partial charge in [0.2, 0.25) is 17.7 Å². The predicted octanol–water partition coefficient (Wildman–Crippen LogP) is 6.43. The van der Waals surface area contributed by atoms with Crippen molar-refractivity contribution in [3.05, 3.63) is 98.6 Å². The van der Waals surface area contributed by atoms with Gasteiger partial charge in [-0.2, -0.15) is 0 Å². The molecule has 0 radical (unpaired) electrons. The summed E-state index contributed by atoms with van der Waals surface area (Å²) in [5.74, 6) is 0.648. The van der Waals surface area contributed by atoms with E-state index in [9.17, 15) is 24.3 Å². The van der Waals surface area contributed by atoms with Crippen LogP contribution < -0.4 is 30.1 Å². The van der Waals surface area contributed by atoms with Gasteiger partial charge in [-0.15, -0.1) is 11.3 Å². The van der Waals surface area contributed by atoms with E-state index in [2.05, 4.69) is 49.4 Å². The Bertz CT molecular complexity index is 2840. The van der Waals surface area contributed by atoms with Gasteiger partial charge < -0.3 is 29.9 Å². The highest BCUT2D eigenvalue weighted by Crippen LogP contribution is 2.42. The van der Waals surface area contributed by atoms with Gasteiger partial charge >= 0.3 is 0 Å². The number of pyridine rings is 3. The van der Waals surface area contributed by atoms with Crippen LogP contribution in [0.5, 0.6) is 5.88 Å². The van der Waals surface area contributed by atoms with Crippen LogP contribution in [-0.2, 0) is 35.4 Å². The fourth-order valence-corrected chi connectivity index (χ4v) is 13.0. The highest BCUT2D eigenvalue weighted by molar-refractivity contribution is 7.14. The van der Waals surface area contributed by atoms with Crippen molar-refractivity contribution in [3.8, 4) is 17.0 Å². The van der Waals surface area contributed by atoms with Crippen molar-refractivity contribution in [1.29, 1.82) is 0 Å². The Hall–Kier alpha value is -6.43. The van der Waals surface area contributed by atoms with Crippen LogP contribution in [0.2, 0.25) is 0 Å². The third-order valence-corrected chi connectivity index (χ3v) is 16.5. The zero-order chi connectivity index (χ0) is 47.5. The molecule has 1 aromatic carbocycles. The number of thiophene rings is 1. The van der Waals surface area contributed by atoms with Crippen molar-refractivity contribution in [2.75, 3.05) is 66.4 Å². The molecule has 0 unspecified atom stereocenters. The molecule has 69 heavy (non-hydrogen) atoms. The van der Waals surface area contributed by atoms with Crippen LogP contribution in [0.25, 0.3) is 11.1 Å². The molecule has 3 saturated heterocycles. The monoisotopic (exact) mass is 950 g/mol. The van der Waals surface area contributed by atoms with Crippen LogP contribution in [0, 0.1) is 0 Å². The van der Waals surface area contributed by atoms with Crippen molar-refractivity contribution in [2.24, 2.45) is 0 Å². The van der Waals surface area contributed by atoms with Gasteiger partial charge in [0.25, 0.3) is 11.8 Å². The van der Waals surface area contributed by atoms with E-state index >= 15 is 0 Å². The first kappa shape index (κ1) is 45.0. The Morgan fingerprint density at radius 1 is 0.826 bits per heavy atom. The number of aliphatic hydroxyl groups excluding tert-OH is 1. The lowest BCUT2D eigenvalue weighted by Gasteiger charge is -2.46. The summed E-state index contributed by atoms with van der Waals surface area (Å²) in [5.41, 5.74) is 9.00. The van der Waals surface area contributed by atoms with Gasteiger partial charge in [0, 0.05) is 104 Å². The molecule has 17 heteroatoms. The molecule has 5 aliphatic heterocycles. The third kappa shape index (κ3) is 8.37. The molecule has 16 nitrogen and oxygen atoms in total. The standard InChI is InChI=1S/C52H58N10O6S/c1-30-28-59(34-15-19-58(20-16-34)35-8-10-38-33(24-35)29-62(51(38)66)42-11-13-45(64)57-49(42)65)22-23-60(30)36-9-12-44(54-27-36)56-41-25-32(26-55-50(41)68-3)37-14-18-53-48(46(37)31(2)63)61-21-17-40-39-6-4-5-7-43(39)69-47(40)52(61)67/h8-10,12,14,18,24-27,30-31,34,42,63H,4-7,11,13,15-17,19-23,28-29H2,1-3H3,(H,54,56)(H,57,64,65)/t30-,31-,42-/m0/s1. The molecule has 4 amide bonds. The maximum absolute atomic E-state index is 14.1. The Morgan fingerprint density at radius 3 is 2.42 bits per heavy atom. The van der Waals surface area contributed by atoms with Crippen LogP contribution in [0.3, 0.4) is 0 Å². The van der Waals surface area contributed by atoms with E-state index in [4.69, 9.17) is 14.7 Å². The number of piperidine rings is 2. The molecule has 4 aromatic heterocycles. The topological polar surface area (TPSA) is 177 Å². The average molecular weight is 951 g/mol. The second-order valence-corrected chi connectivity index (χ2v) is 20.4. The van der Waals surface area contributed by atoms with Crippen molar-refractivity contribution in [3.63, 3.8) is 0 Å². The quantitative estimate of drug-likeness (QED) is 0.131. The summed E-state index contributed by atoms with van der Waals surface area (Å²) in [4.78, 5) is 78.8. The first-order chi connectivity index (χ1) is 33.5. The fraction of sp³-hybridized carbons (Fsp3) is 0.442. The van der Waals surface area contributed by atoms with E-state index in [1.54, 1.807) is 47.6 Å². The first-order valence-corrected chi connectivity index (χ1v) is 25.3. The van der Waals surface area contributed by atoms with Gasteiger partial charge in [-0.3, -0.25) is 34.3 Å². The summed E-state index contributed by atoms with van der Waals surface area (Å²) in [7, 11) is 1.58. The van der Waals surface area contributed by atoms with Gasteiger partial charge in [0.05, 0.1) is 30.0 Å². The van der Waals surface area contributed by atoms with E-state index in [0.717, 1.165) is 97.8 Å². The van der Waals surface area contributed by atoms with Gasteiger partial charge in [0.15, 0.2) is 0 Å². The van der Waals surface area contributed by atoms with Crippen LogP contribution in [0.1, 0.15) is 106 Å². The van der Waals surface area contributed by atoms with E-state index in [1.165, 1.54) is 28.8 Å². The molecule has 6 aliphatic rings. The summed E-state index contributed by atoms with van der Waals surface area (Å²) in [6, 6.07) is 14.1. The lowest BCUT2D eigenvalue weighted by molar-refractivity contribution is -0.136. The minimum Gasteiger partial charge on any atom is -0.480 e. The molecule has 11 rings (SSSR count). The first-order valence-electron chi connectivity index (χ1n) is 24.5. The number of aliphatic hydroxyl groups is 1. The summed E-state index contributed by atoms with van der Waals surface area (Å²) in [6.45, 7) is 9.52. The molecule has 1 aliphatic carbocycles. The molecule has 0 bridgehead atoms. The van der Waals surface area contributed by atoms with Crippen LogP contribution in [-0.4, -0.2) is 118 Å². The fourth-order valence-electron chi connectivity index (χ4n) is 11.6. The van der Waals surface area contributed by atoms with Crippen molar-refractivity contribution in [2.45, 2.75) is 102 Å². The lowest BCUT2D eigenvalue weighted by Crippen LogP contribution is -2.57. The summed E-state index contributed by atoms with van der Waals surface area (Å²) >= 11 is 1.64. The van der Waals surface area contributed by atoms with Gasteiger partial charge in [-0.25, -0.2) is 15.0 Å². The lowest BCUT2D eigenvalue weighted by atomic mass is 9.91.